The van der Waals surface area contributed by atoms with E-state index in [1.54, 1.807) is 25.5 Å². The molecule has 5 aromatic heterocycles. The molecular weight excluding hydrogens is 776 g/mol. The summed E-state index contributed by atoms with van der Waals surface area (Å²) in [7, 11) is 0. The van der Waals surface area contributed by atoms with E-state index >= 15 is 4.39 Å². The number of pyridine rings is 3. The number of benzene rings is 2. The molecule has 0 atom stereocenters. The van der Waals surface area contributed by atoms with Gasteiger partial charge in [0.2, 0.25) is 0 Å². The zero-order valence-corrected chi connectivity index (χ0v) is 32.1. The van der Waals surface area contributed by atoms with Gasteiger partial charge < -0.3 is 24.6 Å². The van der Waals surface area contributed by atoms with E-state index in [1.165, 1.54) is 24.7 Å². The van der Waals surface area contributed by atoms with E-state index in [4.69, 9.17) is 26.1 Å². The minimum absolute atomic E-state index is 0.109. The Morgan fingerprint density at radius 3 is 1.72 bits per heavy atom. The Bertz CT molecular complexity index is 2620. The maximum atomic E-state index is 15.3. The van der Waals surface area contributed by atoms with E-state index in [0.29, 0.717) is 84.8 Å². The molecule has 17 heteroatoms. The number of fused-ring (bicyclic) bond motifs is 2. The number of hydrogen-bond donors (Lipinski definition) is 1. The van der Waals surface area contributed by atoms with Gasteiger partial charge in [-0.25, -0.2) is 32.5 Å². The number of nitrogens with zero attached hydrogens (tertiary/aromatic N) is 9. The molecule has 7 aromatic rings. The fourth-order valence-corrected chi connectivity index (χ4v) is 7.24. The van der Waals surface area contributed by atoms with Gasteiger partial charge in [-0.3, -0.25) is 19.9 Å². The molecule has 0 saturated carbocycles. The monoisotopic (exact) mass is 810 g/mol. The van der Waals surface area contributed by atoms with Crippen molar-refractivity contribution in [3.63, 3.8) is 0 Å². The minimum Gasteiger partial charge on any atom is -0.378 e. The molecule has 2 aliphatic rings. The topological polar surface area (TPSA) is 127 Å². The summed E-state index contributed by atoms with van der Waals surface area (Å²) in [4.78, 5) is 34.7. The van der Waals surface area contributed by atoms with Crippen LogP contribution < -0.4 is 15.1 Å². The smallest absolute Gasteiger partial charge is 0.152 e. The van der Waals surface area contributed by atoms with Crippen molar-refractivity contribution < 1.29 is 27.0 Å². The van der Waals surface area contributed by atoms with Crippen molar-refractivity contribution in [3.05, 3.63) is 113 Å². The van der Waals surface area contributed by atoms with E-state index < -0.39 is 23.3 Å². The lowest BCUT2D eigenvalue weighted by atomic mass is 10.0. The third-order valence-corrected chi connectivity index (χ3v) is 10.3. The van der Waals surface area contributed by atoms with Crippen molar-refractivity contribution in [2.24, 2.45) is 0 Å². The average molecular weight is 811 g/mol. The summed E-state index contributed by atoms with van der Waals surface area (Å²) in [6, 6.07) is 6.06. The van der Waals surface area contributed by atoms with Crippen LogP contribution in [0.1, 0.15) is 11.1 Å². The summed E-state index contributed by atoms with van der Waals surface area (Å²) in [5.41, 5.74) is 5.64. The van der Waals surface area contributed by atoms with Crippen molar-refractivity contribution in [2.45, 2.75) is 13.8 Å². The van der Waals surface area contributed by atoms with E-state index in [0.717, 1.165) is 42.8 Å². The Kier molecular flexibility index (Phi) is 11.2. The summed E-state index contributed by atoms with van der Waals surface area (Å²) in [6.07, 6.45) is 11.1. The highest BCUT2D eigenvalue weighted by Gasteiger charge is 2.24. The van der Waals surface area contributed by atoms with Gasteiger partial charge in [0.1, 0.15) is 34.7 Å². The first-order chi connectivity index (χ1) is 28.2. The molecule has 58 heavy (non-hydrogen) atoms. The summed E-state index contributed by atoms with van der Waals surface area (Å²) in [5, 5.41) is 3.98. The van der Waals surface area contributed by atoms with Gasteiger partial charge in [-0.1, -0.05) is 11.6 Å². The van der Waals surface area contributed by atoms with Gasteiger partial charge in [0.15, 0.2) is 5.82 Å². The summed E-state index contributed by atoms with van der Waals surface area (Å²) in [5.74, 6) is -2.10. The Morgan fingerprint density at radius 1 is 0.621 bits per heavy atom. The molecule has 0 radical (unpaired) electrons. The number of rotatable bonds is 6. The first-order valence-electron chi connectivity index (χ1n) is 18.4. The van der Waals surface area contributed by atoms with Crippen molar-refractivity contribution >= 4 is 56.3 Å². The largest absolute Gasteiger partial charge is 0.378 e. The molecule has 296 valence electrons. The molecule has 2 fully saturated rings. The number of nitrogens with one attached hydrogen (secondary N) is 1. The van der Waals surface area contributed by atoms with Crippen LogP contribution in [0, 0.1) is 37.1 Å². The fraction of sp³-hybridized carbons (Fsp3) is 0.244. The van der Waals surface area contributed by atoms with E-state index in [1.807, 2.05) is 19.2 Å². The van der Waals surface area contributed by atoms with Crippen LogP contribution in [0.25, 0.3) is 44.6 Å². The van der Waals surface area contributed by atoms with Gasteiger partial charge in [-0.15, -0.1) is 0 Å². The maximum absolute atomic E-state index is 15.3. The van der Waals surface area contributed by atoms with E-state index in [-0.39, 0.29) is 26.8 Å². The Labute approximate surface area is 334 Å². The van der Waals surface area contributed by atoms with Crippen LogP contribution in [0.3, 0.4) is 0 Å². The molecule has 9 rings (SSSR count). The van der Waals surface area contributed by atoms with Crippen LogP contribution in [0.2, 0.25) is 5.02 Å². The zero-order valence-electron chi connectivity index (χ0n) is 31.3. The Balaban J connectivity index is 0.000000197. The van der Waals surface area contributed by atoms with E-state index in [9.17, 15) is 13.2 Å². The predicted molar refractivity (Wildman–Crippen MR) is 213 cm³/mol. The fourth-order valence-electron chi connectivity index (χ4n) is 6.96. The first kappa shape index (κ1) is 38.8. The molecule has 2 aromatic carbocycles. The van der Waals surface area contributed by atoms with Crippen LogP contribution >= 0.6 is 11.6 Å². The molecule has 0 bridgehead atoms. The Hall–Kier alpha value is -6.10. The first-order valence-corrected chi connectivity index (χ1v) is 18.7. The molecule has 0 amide bonds. The summed E-state index contributed by atoms with van der Waals surface area (Å²) in [6.45, 7) is 8.87. The Morgan fingerprint density at radius 2 is 1.16 bits per heavy atom. The molecule has 1 N–H and O–H groups in total. The van der Waals surface area contributed by atoms with Crippen LogP contribution in [-0.4, -0.2) is 87.5 Å². The number of hydrogen-bond acceptors (Lipinski definition) is 12. The molecular formula is C41H35ClF4N10O2. The average Bonchev–Trinajstić information content (AvgIpc) is 3.24. The van der Waals surface area contributed by atoms with Gasteiger partial charge in [0.05, 0.1) is 100 Å². The number of halogens is 5. The summed E-state index contributed by atoms with van der Waals surface area (Å²) < 4.78 is 67.8. The molecule has 2 aliphatic heterocycles. The highest BCUT2D eigenvalue weighted by atomic mass is 35.5. The second kappa shape index (κ2) is 16.8. The number of anilines is 4. The number of ether oxygens (including phenoxy) is 2. The SMILES string of the molecule is Cc1c(-c2cnccn2)nc2cc(F)cc(F)c2c1Cl.Cc1c(-c2cnccn2)nc2cc(F)cc(F)c2c1Nc1cc(N2CCOCC2)cnc1N1CCOCC1. The van der Waals surface area contributed by atoms with Gasteiger partial charge in [-0.2, -0.15) is 0 Å². The minimum atomic E-state index is -0.730. The third kappa shape index (κ3) is 7.90. The van der Waals surface area contributed by atoms with Gasteiger partial charge >= 0.3 is 0 Å². The number of aromatic nitrogens is 7. The lowest BCUT2D eigenvalue weighted by molar-refractivity contribution is 0.122. The van der Waals surface area contributed by atoms with Crippen LogP contribution in [0.4, 0.5) is 40.4 Å². The molecule has 2 saturated heterocycles. The predicted octanol–water partition coefficient (Wildman–Crippen LogP) is 8.02. The molecule has 0 aliphatic carbocycles. The van der Waals surface area contributed by atoms with Crippen LogP contribution in [-0.2, 0) is 9.47 Å². The second-order valence-electron chi connectivity index (χ2n) is 13.5. The summed E-state index contributed by atoms with van der Waals surface area (Å²) >= 11 is 6.19. The van der Waals surface area contributed by atoms with Crippen molar-refractivity contribution in [3.8, 4) is 22.8 Å². The second-order valence-corrected chi connectivity index (χ2v) is 13.9. The van der Waals surface area contributed by atoms with Gasteiger partial charge in [0, 0.05) is 80.8 Å². The number of morpholine rings is 2. The lowest BCUT2D eigenvalue weighted by Crippen LogP contribution is -2.38. The zero-order chi connectivity index (χ0) is 40.3. The van der Waals surface area contributed by atoms with Crippen molar-refractivity contribution in [2.75, 3.05) is 67.7 Å². The quantitative estimate of drug-likeness (QED) is 0.164. The molecule has 12 nitrogen and oxygen atoms in total. The standard InChI is InChI=1S/C27H27F2N7O2.C14H8ClF2N3/c1-17-25(23-16-30-2-3-31-23)33-21-13-18(28)12-20(29)24(21)26(17)34-22-14-19(35-4-8-37-9-5-35)15-32-27(22)36-6-10-38-11-7-36;1-7-13(15)12-9(17)4-8(16)5-10(12)20-14(7)11-6-18-2-3-19-11/h2-3,12-16H,4-11H2,1H3,(H,33,34);2-6H,1H3. The van der Waals surface area contributed by atoms with Gasteiger partial charge in [0.25, 0.3) is 0 Å². The highest BCUT2D eigenvalue weighted by Crippen LogP contribution is 2.40. The molecule has 0 spiro atoms. The van der Waals surface area contributed by atoms with E-state index in [2.05, 4.69) is 45.0 Å². The lowest BCUT2D eigenvalue weighted by Gasteiger charge is -2.32. The third-order valence-electron chi connectivity index (χ3n) is 9.83. The molecule has 7 heterocycles. The maximum Gasteiger partial charge on any atom is 0.152 e. The van der Waals surface area contributed by atoms with Crippen LogP contribution in [0.5, 0.6) is 0 Å². The van der Waals surface area contributed by atoms with Crippen LogP contribution in [0.15, 0.2) is 73.7 Å². The van der Waals surface area contributed by atoms with Crippen molar-refractivity contribution in [1.29, 1.82) is 0 Å². The highest BCUT2D eigenvalue weighted by molar-refractivity contribution is 6.36. The molecule has 0 unspecified atom stereocenters. The van der Waals surface area contributed by atoms with Gasteiger partial charge in [-0.05, 0) is 25.5 Å². The van der Waals surface area contributed by atoms with Crippen molar-refractivity contribution in [1.82, 2.24) is 34.9 Å². The normalized spacial score (nSPS) is 14.4.